The van der Waals surface area contributed by atoms with Gasteiger partial charge in [0.05, 0.1) is 17.0 Å². The van der Waals surface area contributed by atoms with Gasteiger partial charge in [0.2, 0.25) is 10.0 Å². The molecule has 0 heterocycles. The Morgan fingerprint density at radius 3 is 2.26 bits per heavy atom. The molecule has 6 heteroatoms. The van der Waals surface area contributed by atoms with Gasteiger partial charge >= 0.3 is 0 Å². The standard InChI is InChI=1S/C13H18FNO3S/c14-11-4-6-12(7-5-11)19(17,18)15-13(10-16)8-2-1-3-9-13/h4-7,15-16H,1-3,8-10H2. The van der Waals surface area contributed by atoms with Crippen molar-refractivity contribution in [3.8, 4) is 0 Å². The van der Waals surface area contributed by atoms with Crippen molar-refractivity contribution >= 4 is 10.0 Å². The van der Waals surface area contributed by atoms with Gasteiger partial charge in [0.1, 0.15) is 5.82 Å². The lowest BCUT2D eigenvalue weighted by Crippen LogP contribution is -2.52. The number of hydrogen-bond acceptors (Lipinski definition) is 3. The Bertz CT molecular complexity index is 521. The molecule has 1 aromatic rings. The zero-order valence-corrected chi connectivity index (χ0v) is 11.4. The average Bonchev–Trinajstić information content (AvgIpc) is 2.40. The van der Waals surface area contributed by atoms with Crippen molar-refractivity contribution in [1.82, 2.24) is 4.72 Å². The predicted octanol–water partition coefficient (Wildman–Crippen LogP) is 1.80. The third-order valence-corrected chi connectivity index (χ3v) is 5.18. The van der Waals surface area contributed by atoms with Crippen LogP contribution in [0.4, 0.5) is 4.39 Å². The minimum atomic E-state index is -3.72. The highest BCUT2D eigenvalue weighted by molar-refractivity contribution is 7.89. The summed E-state index contributed by atoms with van der Waals surface area (Å²) in [4.78, 5) is 0.0206. The molecule has 0 bridgehead atoms. The van der Waals surface area contributed by atoms with Crippen LogP contribution in [0.15, 0.2) is 29.2 Å². The summed E-state index contributed by atoms with van der Waals surface area (Å²) < 4.78 is 39.9. The van der Waals surface area contributed by atoms with Crippen molar-refractivity contribution in [3.05, 3.63) is 30.1 Å². The van der Waals surface area contributed by atoms with Crippen LogP contribution in [-0.4, -0.2) is 25.7 Å². The SMILES string of the molecule is O=S(=O)(NC1(CO)CCCCC1)c1ccc(F)cc1. The molecule has 1 fully saturated rings. The largest absolute Gasteiger partial charge is 0.394 e. The Morgan fingerprint density at radius 2 is 1.74 bits per heavy atom. The van der Waals surface area contributed by atoms with Crippen molar-refractivity contribution in [3.63, 3.8) is 0 Å². The first kappa shape index (κ1) is 14.4. The number of hydrogen-bond donors (Lipinski definition) is 2. The third-order valence-electron chi connectivity index (χ3n) is 3.59. The lowest BCUT2D eigenvalue weighted by Gasteiger charge is -2.36. The zero-order valence-electron chi connectivity index (χ0n) is 10.6. The predicted molar refractivity (Wildman–Crippen MR) is 69.6 cm³/mol. The van der Waals surface area contributed by atoms with Crippen LogP contribution in [0.5, 0.6) is 0 Å². The summed E-state index contributed by atoms with van der Waals surface area (Å²) in [5.41, 5.74) is -0.772. The summed E-state index contributed by atoms with van der Waals surface area (Å²) >= 11 is 0. The summed E-state index contributed by atoms with van der Waals surface area (Å²) in [6.45, 7) is -0.215. The highest BCUT2D eigenvalue weighted by Gasteiger charge is 2.35. The number of nitrogens with one attached hydrogen (secondary N) is 1. The molecule has 0 saturated heterocycles. The molecule has 2 N–H and O–H groups in total. The van der Waals surface area contributed by atoms with E-state index < -0.39 is 21.4 Å². The van der Waals surface area contributed by atoms with Gasteiger partial charge < -0.3 is 5.11 Å². The smallest absolute Gasteiger partial charge is 0.241 e. The van der Waals surface area contributed by atoms with E-state index in [0.29, 0.717) is 12.8 Å². The van der Waals surface area contributed by atoms with Crippen LogP contribution in [0, 0.1) is 5.82 Å². The summed E-state index contributed by atoms with van der Waals surface area (Å²) in [6.07, 6.45) is 4.10. The second-order valence-corrected chi connectivity index (χ2v) is 6.74. The third kappa shape index (κ3) is 3.32. The van der Waals surface area contributed by atoms with Gasteiger partial charge in [0, 0.05) is 0 Å². The van der Waals surface area contributed by atoms with Gasteiger partial charge in [0.15, 0.2) is 0 Å². The molecule has 0 spiro atoms. The molecule has 1 saturated carbocycles. The zero-order chi connectivity index (χ0) is 13.9. The van der Waals surface area contributed by atoms with E-state index in [2.05, 4.69) is 4.72 Å². The van der Waals surface area contributed by atoms with Gasteiger partial charge in [-0.15, -0.1) is 0 Å². The number of aliphatic hydroxyl groups excluding tert-OH is 1. The molecule has 0 aromatic heterocycles. The van der Waals surface area contributed by atoms with Crippen LogP contribution in [0.3, 0.4) is 0 Å². The highest BCUT2D eigenvalue weighted by atomic mass is 32.2. The van der Waals surface area contributed by atoms with E-state index in [4.69, 9.17) is 0 Å². The van der Waals surface area contributed by atoms with Gasteiger partial charge in [-0.25, -0.2) is 17.5 Å². The van der Waals surface area contributed by atoms with Crippen LogP contribution in [0.2, 0.25) is 0 Å². The van der Waals surface area contributed by atoms with Crippen molar-refractivity contribution < 1.29 is 17.9 Å². The first-order valence-corrected chi connectivity index (χ1v) is 7.86. The van der Waals surface area contributed by atoms with Gasteiger partial charge in [-0.05, 0) is 37.1 Å². The first-order chi connectivity index (χ1) is 8.97. The van der Waals surface area contributed by atoms with Gasteiger partial charge in [-0.3, -0.25) is 0 Å². The van der Waals surface area contributed by atoms with E-state index in [1.165, 1.54) is 12.1 Å². The Kier molecular flexibility index (Phi) is 4.23. The molecule has 4 nitrogen and oxygen atoms in total. The fourth-order valence-corrected chi connectivity index (χ4v) is 3.93. The molecule has 106 valence electrons. The Balaban J connectivity index is 2.22. The lowest BCUT2D eigenvalue weighted by atomic mass is 9.83. The molecule has 0 aliphatic heterocycles. The van der Waals surface area contributed by atoms with E-state index in [-0.39, 0.29) is 11.5 Å². The first-order valence-electron chi connectivity index (χ1n) is 6.38. The number of sulfonamides is 1. The second kappa shape index (κ2) is 5.56. The minimum Gasteiger partial charge on any atom is -0.394 e. The molecule has 1 aliphatic carbocycles. The normalized spacial score (nSPS) is 19.3. The number of aliphatic hydroxyl groups is 1. The summed E-state index contributed by atoms with van der Waals surface area (Å²) in [5, 5.41) is 9.51. The van der Waals surface area contributed by atoms with Crippen molar-refractivity contribution in [1.29, 1.82) is 0 Å². The molecule has 0 unspecified atom stereocenters. The van der Waals surface area contributed by atoms with Gasteiger partial charge in [-0.2, -0.15) is 0 Å². The fourth-order valence-electron chi connectivity index (χ4n) is 2.48. The van der Waals surface area contributed by atoms with E-state index in [1.54, 1.807) is 0 Å². The molecule has 0 radical (unpaired) electrons. The van der Waals surface area contributed by atoms with Crippen LogP contribution >= 0.6 is 0 Å². The quantitative estimate of drug-likeness (QED) is 0.887. The number of halogens is 1. The molecule has 0 amide bonds. The molecular formula is C13H18FNO3S. The highest BCUT2D eigenvalue weighted by Crippen LogP contribution is 2.29. The maximum Gasteiger partial charge on any atom is 0.241 e. The fraction of sp³-hybridized carbons (Fsp3) is 0.538. The topological polar surface area (TPSA) is 66.4 Å². The van der Waals surface area contributed by atoms with Crippen molar-refractivity contribution in [2.45, 2.75) is 42.5 Å². The van der Waals surface area contributed by atoms with E-state index in [9.17, 15) is 17.9 Å². The van der Waals surface area contributed by atoms with Crippen LogP contribution in [-0.2, 0) is 10.0 Å². The van der Waals surface area contributed by atoms with Crippen LogP contribution in [0.25, 0.3) is 0 Å². The van der Waals surface area contributed by atoms with Crippen LogP contribution in [0.1, 0.15) is 32.1 Å². The number of rotatable bonds is 4. The summed E-state index contributed by atoms with van der Waals surface area (Å²) in [6, 6.07) is 4.68. The van der Waals surface area contributed by atoms with E-state index in [1.807, 2.05) is 0 Å². The van der Waals surface area contributed by atoms with E-state index >= 15 is 0 Å². The average molecular weight is 287 g/mol. The molecule has 1 aliphatic rings. The van der Waals surface area contributed by atoms with Gasteiger partial charge in [-0.1, -0.05) is 19.3 Å². The van der Waals surface area contributed by atoms with Crippen LogP contribution < -0.4 is 4.72 Å². The Hall–Kier alpha value is -0.980. The lowest BCUT2D eigenvalue weighted by molar-refractivity contribution is 0.142. The Morgan fingerprint density at radius 1 is 1.16 bits per heavy atom. The van der Waals surface area contributed by atoms with Crippen molar-refractivity contribution in [2.75, 3.05) is 6.61 Å². The minimum absolute atomic E-state index is 0.0206. The molecule has 19 heavy (non-hydrogen) atoms. The van der Waals surface area contributed by atoms with Gasteiger partial charge in [0.25, 0.3) is 0 Å². The summed E-state index contributed by atoms with van der Waals surface area (Å²) in [7, 11) is -3.72. The Labute approximate surface area is 112 Å². The maximum absolute atomic E-state index is 12.8. The van der Waals surface area contributed by atoms with Crippen molar-refractivity contribution in [2.24, 2.45) is 0 Å². The molecule has 0 atom stereocenters. The monoisotopic (exact) mass is 287 g/mol. The van der Waals surface area contributed by atoms with E-state index in [0.717, 1.165) is 31.4 Å². The maximum atomic E-state index is 12.8. The molecule has 1 aromatic carbocycles. The number of benzene rings is 1. The second-order valence-electron chi connectivity index (χ2n) is 5.06. The molecule has 2 rings (SSSR count). The summed E-state index contributed by atoms with van der Waals surface area (Å²) in [5.74, 6) is -0.478. The molecular weight excluding hydrogens is 269 g/mol.